The molecule has 25 heavy (non-hydrogen) atoms. The number of aromatic nitrogens is 2. The van der Waals surface area contributed by atoms with Crippen LogP contribution in [0.1, 0.15) is 38.4 Å². The molecule has 2 amide bonds. The lowest BCUT2D eigenvalue weighted by molar-refractivity contribution is 0.259. The van der Waals surface area contributed by atoms with E-state index in [1.807, 2.05) is 20.8 Å². The number of primary amides is 1. The second kappa shape index (κ2) is 8.32. The molecule has 1 aromatic carbocycles. The molecule has 134 valence electrons. The molecule has 0 spiro atoms. The highest BCUT2D eigenvalue weighted by molar-refractivity contribution is 5.89. The molecule has 0 atom stereocenters. The van der Waals surface area contributed by atoms with Gasteiger partial charge in [-0.25, -0.2) is 9.78 Å². The first kappa shape index (κ1) is 18.5. The van der Waals surface area contributed by atoms with Crippen LogP contribution >= 0.6 is 0 Å². The van der Waals surface area contributed by atoms with Crippen LogP contribution in [0, 0.1) is 0 Å². The second-order valence-electron chi connectivity index (χ2n) is 5.60. The average molecular weight is 344 g/mol. The van der Waals surface area contributed by atoms with Crippen LogP contribution in [0.5, 0.6) is 5.75 Å². The van der Waals surface area contributed by atoms with Gasteiger partial charge in [0.2, 0.25) is 0 Å². The number of carbonyl (C=O) groups excluding carboxylic acids is 1. The summed E-state index contributed by atoms with van der Waals surface area (Å²) in [6.07, 6.45) is 2.12. The molecule has 0 bridgehead atoms. The van der Waals surface area contributed by atoms with Gasteiger partial charge in [0.1, 0.15) is 11.6 Å². The maximum absolute atomic E-state index is 12.4. The third kappa shape index (κ3) is 4.37. The predicted molar refractivity (Wildman–Crippen MR) is 98.0 cm³/mol. The number of amides is 2. The van der Waals surface area contributed by atoms with Gasteiger partial charge in [0.15, 0.2) is 0 Å². The van der Waals surface area contributed by atoms with Crippen molar-refractivity contribution in [1.82, 2.24) is 9.97 Å². The molecule has 0 saturated carbocycles. The lowest BCUT2D eigenvalue weighted by atomic mass is 10.1. The van der Waals surface area contributed by atoms with E-state index in [0.717, 1.165) is 12.1 Å². The Morgan fingerprint density at radius 1 is 1.28 bits per heavy atom. The van der Waals surface area contributed by atoms with E-state index in [9.17, 15) is 9.59 Å². The Kier molecular flexibility index (Phi) is 6.16. The van der Waals surface area contributed by atoms with Gasteiger partial charge in [-0.15, -0.1) is 0 Å². The minimum Gasteiger partial charge on any atom is -0.493 e. The van der Waals surface area contributed by atoms with E-state index in [2.05, 4.69) is 15.3 Å². The van der Waals surface area contributed by atoms with Crippen molar-refractivity contribution in [1.29, 1.82) is 0 Å². The van der Waals surface area contributed by atoms with E-state index >= 15 is 0 Å². The van der Waals surface area contributed by atoms with Crippen molar-refractivity contribution in [2.45, 2.75) is 40.0 Å². The minimum absolute atomic E-state index is 0.154. The molecule has 1 aromatic heterocycles. The Labute approximate surface area is 146 Å². The number of carbonyl (C=O) groups is 1. The number of H-pyrrole nitrogens is 1. The largest absolute Gasteiger partial charge is 0.493 e. The maximum Gasteiger partial charge on any atom is 0.316 e. The molecular formula is C18H24N4O3. The van der Waals surface area contributed by atoms with E-state index in [1.165, 1.54) is 0 Å². The molecule has 0 radical (unpaired) electrons. The summed E-state index contributed by atoms with van der Waals surface area (Å²) in [4.78, 5) is 30.9. The Balaban J connectivity index is 2.59. The quantitative estimate of drug-likeness (QED) is 0.717. The zero-order valence-corrected chi connectivity index (χ0v) is 14.8. The molecule has 0 saturated heterocycles. The van der Waals surface area contributed by atoms with Gasteiger partial charge in [-0.1, -0.05) is 20.8 Å². The number of urea groups is 1. The van der Waals surface area contributed by atoms with Gasteiger partial charge in [-0.3, -0.25) is 4.79 Å². The highest BCUT2D eigenvalue weighted by Gasteiger charge is 2.15. The lowest BCUT2D eigenvalue weighted by Crippen LogP contribution is -2.20. The number of anilines is 1. The molecule has 0 aliphatic carbocycles. The molecule has 1 heterocycles. The Hall–Kier alpha value is -2.83. The number of nitrogens with two attached hydrogens (primary N) is 1. The number of benzene rings is 1. The number of hydrogen-bond acceptors (Lipinski definition) is 4. The fourth-order valence-electron chi connectivity index (χ4n) is 2.60. The number of hydrogen-bond donors (Lipinski definition) is 3. The standard InChI is InChI=1S/C18H24N4O3/c1-4-9-25-15-8-7-11(20-18(19)24)10-13(15)16-21-14(6-3)12(5-2)17(23)22-16/h7-8,10H,4-6,9H2,1-3H3,(H3,19,20,24)(H,21,22,23). The fourth-order valence-corrected chi connectivity index (χ4v) is 2.60. The van der Waals surface area contributed by atoms with Gasteiger partial charge in [0.05, 0.1) is 17.9 Å². The SMILES string of the molecule is CCCOc1ccc(NC(N)=O)cc1-c1nc(CC)c(CC)c(=O)[nH]1. The third-order valence-corrected chi connectivity index (χ3v) is 3.75. The van der Waals surface area contributed by atoms with Crippen LogP contribution in [0.15, 0.2) is 23.0 Å². The summed E-state index contributed by atoms with van der Waals surface area (Å²) in [6.45, 7) is 6.43. The van der Waals surface area contributed by atoms with Crippen molar-refractivity contribution in [2.24, 2.45) is 5.73 Å². The van der Waals surface area contributed by atoms with Crippen molar-refractivity contribution in [3.63, 3.8) is 0 Å². The van der Waals surface area contributed by atoms with E-state index in [-0.39, 0.29) is 5.56 Å². The van der Waals surface area contributed by atoms with E-state index < -0.39 is 6.03 Å². The highest BCUT2D eigenvalue weighted by atomic mass is 16.5. The average Bonchev–Trinajstić information content (AvgIpc) is 2.59. The molecule has 7 nitrogen and oxygen atoms in total. The van der Waals surface area contributed by atoms with Crippen molar-refractivity contribution < 1.29 is 9.53 Å². The van der Waals surface area contributed by atoms with Crippen molar-refractivity contribution >= 4 is 11.7 Å². The summed E-state index contributed by atoms with van der Waals surface area (Å²) in [5.74, 6) is 1.00. The molecule has 2 rings (SSSR count). The number of nitrogens with one attached hydrogen (secondary N) is 2. The van der Waals surface area contributed by atoms with Crippen LogP contribution in [-0.2, 0) is 12.8 Å². The van der Waals surface area contributed by atoms with Gasteiger partial charge in [0, 0.05) is 11.3 Å². The van der Waals surface area contributed by atoms with Crippen LogP contribution in [0.25, 0.3) is 11.4 Å². The smallest absolute Gasteiger partial charge is 0.316 e. The van der Waals surface area contributed by atoms with Gasteiger partial charge in [-0.2, -0.15) is 0 Å². The maximum atomic E-state index is 12.4. The molecule has 4 N–H and O–H groups in total. The third-order valence-electron chi connectivity index (χ3n) is 3.75. The number of rotatable bonds is 7. The molecule has 0 fully saturated rings. The van der Waals surface area contributed by atoms with Crippen LogP contribution in [0.4, 0.5) is 10.5 Å². The number of aromatic amines is 1. The van der Waals surface area contributed by atoms with E-state index in [1.54, 1.807) is 18.2 Å². The molecule has 0 aliphatic heterocycles. The van der Waals surface area contributed by atoms with Crippen LogP contribution < -0.4 is 21.3 Å². The topological polar surface area (TPSA) is 110 Å². The number of ether oxygens (including phenoxy) is 1. The zero-order valence-electron chi connectivity index (χ0n) is 14.8. The Bertz CT molecular complexity index is 814. The molecular weight excluding hydrogens is 320 g/mol. The first-order valence-corrected chi connectivity index (χ1v) is 8.45. The summed E-state index contributed by atoms with van der Waals surface area (Å²) in [5, 5.41) is 2.53. The number of aryl methyl sites for hydroxylation is 1. The van der Waals surface area contributed by atoms with Gasteiger partial charge < -0.3 is 20.8 Å². The Morgan fingerprint density at radius 2 is 2.04 bits per heavy atom. The normalized spacial score (nSPS) is 10.5. The van der Waals surface area contributed by atoms with Crippen molar-refractivity contribution in [3.05, 3.63) is 39.8 Å². The molecule has 2 aromatic rings. The van der Waals surface area contributed by atoms with E-state index in [4.69, 9.17) is 10.5 Å². The van der Waals surface area contributed by atoms with Gasteiger partial charge in [-0.05, 0) is 37.5 Å². The molecule has 7 heteroatoms. The Morgan fingerprint density at radius 3 is 2.64 bits per heavy atom. The lowest BCUT2D eigenvalue weighted by Gasteiger charge is -2.14. The van der Waals surface area contributed by atoms with Gasteiger partial charge >= 0.3 is 6.03 Å². The van der Waals surface area contributed by atoms with Crippen LogP contribution in [-0.4, -0.2) is 22.6 Å². The van der Waals surface area contributed by atoms with Gasteiger partial charge in [0.25, 0.3) is 5.56 Å². The zero-order chi connectivity index (χ0) is 18.4. The predicted octanol–water partition coefficient (Wildman–Crippen LogP) is 2.84. The summed E-state index contributed by atoms with van der Waals surface area (Å²) in [7, 11) is 0. The summed E-state index contributed by atoms with van der Waals surface area (Å²) in [5.41, 5.74) is 7.59. The summed E-state index contributed by atoms with van der Waals surface area (Å²) in [6, 6.07) is 4.46. The van der Waals surface area contributed by atoms with Crippen LogP contribution in [0.2, 0.25) is 0 Å². The monoisotopic (exact) mass is 344 g/mol. The highest BCUT2D eigenvalue weighted by Crippen LogP contribution is 2.31. The van der Waals surface area contributed by atoms with E-state index in [0.29, 0.717) is 47.8 Å². The molecule has 0 aliphatic rings. The minimum atomic E-state index is -0.662. The summed E-state index contributed by atoms with van der Waals surface area (Å²) >= 11 is 0. The fraction of sp³-hybridized carbons (Fsp3) is 0.389. The first-order valence-electron chi connectivity index (χ1n) is 8.45. The first-order chi connectivity index (χ1) is 12.0. The van der Waals surface area contributed by atoms with Crippen molar-refractivity contribution in [2.75, 3.05) is 11.9 Å². The van der Waals surface area contributed by atoms with Crippen LogP contribution in [0.3, 0.4) is 0 Å². The second-order valence-corrected chi connectivity index (χ2v) is 5.60. The van der Waals surface area contributed by atoms with Crippen molar-refractivity contribution in [3.8, 4) is 17.1 Å². The molecule has 0 unspecified atom stereocenters. The number of nitrogens with zero attached hydrogens (tertiary/aromatic N) is 1. The summed E-state index contributed by atoms with van der Waals surface area (Å²) < 4.78 is 5.76.